The topological polar surface area (TPSA) is 55.3 Å². The molecule has 16 heavy (non-hydrogen) atoms. The van der Waals surface area contributed by atoms with Crippen molar-refractivity contribution < 1.29 is 9.53 Å². The molecule has 1 aliphatic heterocycles. The molecule has 1 fully saturated rings. The van der Waals surface area contributed by atoms with Crippen molar-refractivity contribution in [2.24, 2.45) is 0 Å². The minimum atomic E-state index is -0.230. The molecule has 0 N–H and O–H groups in total. The Labute approximate surface area is 94.5 Å². The van der Waals surface area contributed by atoms with Gasteiger partial charge in [-0.1, -0.05) is 0 Å². The van der Waals surface area contributed by atoms with Crippen LogP contribution in [-0.2, 0) is 9.53 Å². The van der Waals surface area contributed by atoms with Gasteiger partial charge in [-0.05, 0) is 25.8 Å². The summed E-state index contributed by atoms with van der Waals surface area (Å²) in [5, 5.41) is 0. The molecule has 5 nitrogen and oxygen atoms in total. The lowest BCUT2D eigenvalue weighted by molar-refractivity contribution is -0.141. The number of esters is 1. The van der Waals surface area contributed by atoms with E-state index in [0.717, 1.165) is 25.1 Å². The van der Waals surface area contributed by atoms with E-state index in [0.29, 0.717) is 5.95 Å². The lowest BCUT2D eigenvalue weighted by Gasteiger charge is -2.22. The molecule has 1 unspecified atom stereocenters. The summed E-state index contributed by atoms with van der Waals surface area (Å²) in [5.41, 5.74) is 0.903. The molecule has 1 aliphatic rings. The van der Waals surface area contributed by atoms with Crippen LogP contribution in [0.5, 0.6) is 0 Å². The van der Waals surface area contributed by atoms with Crippen molar-refractivity contribution >= 4 is 11.9 Å². The van der Waals surface area contributed by atoms with Crippen LogP contribution < -0.4 is 4.90 Å². The SMILES string of the molecule is COC(=O)C1CCCN1c1nccc(C)n1. The third-order valence-corrected chi connectivity index (χ3v) is 2.77. The number of carbonyl (C=O) groups is 1. The minimum Gasteiger partial charge on any atom is -0.467 e. The van der Waals surface area contributed by atoms with Gasteiger partial charge in [-0.3, -0.25) is 0 Å². The molecule has 0 spiro atoms. The molecule has 0 radical (unpaired) electrons. The smallest absolute Gasteiger partial charge is 0.328 e. The standard InChI is InChI=1S/C11H15N3O2/c1-8-5-6-12-11(13-8)14-7-3-4-9(14)10(15)16-2/h5-6,9H,3-4,7H2,1-2H3. The normalized spacial score (nSPS) is 19.9. The number of nitrogens with zero attached hydrogens (tertiary/aromatic N) is 3. The maximum atomic E-state index is 11.6. The van der Waals surface area contributed by atoms with Gasteiger partial charge in [0.05, 0.1) is 7.11 Å². The molecule has 0 bridgehead atoms. The van der Waals surface area contributed by atoms with Gasteiger partial charge in [0.25, 0.3) is 0 Å². The first-order valence-corrected chi connectivity index (χ1v) is 5.36. The number of hydrogen-bond donors (Lipinski definition) is 0. The Balaban J connectivity index is 2.23. The molecule has 86 valence electrons. The maximum Gasteiger partial charge on any atom is 0.328 e. The molecule has 1 saturated heterocycles. The molecule has 1 aromatic heterocycles. The van der Waals surface area contributed by atoms with E-state index in [-0.39, 0.29) is 12.0 Å². The van der Waals surface area contributed by atoms with Crippen molar-refractivity contribution in [3.05, 3.63) is 18.0 Å². The summed E-state index contributed by atoms with van der Waals surface area (Å²) in [5.74, 6) is 0.413. The average Bonchev–Trinajstić information content (AvgIpc) is 2.77. The Bertz CT molecular complexity index is 395. The number of carbonyl (C=O) groups excluding carboxylic acids is 1. The van der Waals surface area contributed by atoms with Gasteiger partial charge >= 0.3 is 5.97 Å². The molecule has 1 atom stereocenters. The number of methoxy groups -OCH3 is 1. The summed E-state index contributed by atoms with van der Waals surface area (Å²) in [6.45, 7) is 2.72. The van der Waals surface area contributed by atoms with Crippen LogP contribution in [0.15, 0.2) is 12.3 Å². The predicted octanol–water partition coefficient (Wildman–Crippen LogP) is 0.927. The molecular formula is C11H15N3O2. The largest absolute Gasteiger partial charge is 0.467 e. The van der Waals surface area contributed by atoms with Crippen LogP contribution in [0.25, 0.3) is 0 Å². The lowest BCUT2D eigenvalue weighted by Crippen LogP contribution is -2.37. The third-order valence-electron chi connectivity index (χ3n) is 2.77. The van der Waals surface area contributed by atoms with Gasteiger partial charge in [-0.2, -0.15) is 0 Å². The fraction of sp³-hybridized carbons (Fsp3) is 0.545. The first kappa shape index (κ1) is 10.9. The molecule has 0 aromatic carbocycles. The average molecular weight is 221 g/mol. The maximum absolute atomic E-state index is 11.6. The first-order valence-electron chi connectivity index (χ1n) is 5.36. The molecule has 5 heteroatoms. The Morgan fingerprint density at radius 3 is 3.12 bits per heavy atom. The molecule has 2 rings (SSSR count). The van der Waals surface area contributed by atoms with Crippen molar-refractivity contribution in [2.45, 2.75) is 25.8 Å². The van der Waals surface area contributed by atoms with Crippen molar-refractivity contribution in [1.82, 2.24) is 9.97 Å². The van der Waals surface area contributed by atoms with Crippen LogP contribution >= 0.6 is 0 Å². The molecular weight excluding hydrogens is 206 g/mol. The number of anilines is 1. The van der Waals surface area contributed by atoms with Gasteiger partial charge in [0.2, 0.25) is 5.95 Å². The number of aromatic nitrogens is 2. The third kappa shape index (κ3) is 1.98. The van der Waals surface area contributed by atoms with Crippen LogP contribution in [0, 0.1) is 6.92 Å². The van der Waals surface area contributed by atoms with Crippen LogP contribution in [0.2, 0.25) is 0 Å². The van der Waals surface area contributed by atoms with Crippen molar-refractivity contribution in [3.8, 4) is 0 Å². The van der Waals surface area contributed by atoms with Crippen molar-refractivity contribution in [1.29, 1.82) is 0 Å². The quantitative estimate of drug-likeness (QED) is 0.695. The fourth-order valence-corrected chi connectivity index (χ4v) is 1.96. The molecule has 2 heterocycles. The summed E-state index contributed by atoms with van der Waals surface area (Å²) in [4.78, 5) is 22.0. The number of aryl methyl sites for hydroxylation is 1. The highest BCUT2D eigenvalue weighted by Gasteiger charge is 2.33. The highest BCUT2D eigenvalue weighted by atomic mass is 16.5. The van der Waals surface area contributed by atoms with Gasteiger partial charge in [-0.25, -0.2) is 14.8 Å². The summed E-state index contributed by atoms with van der Waals surface area (Å²) < 4.78 is 4.78. The second kappa shape index (κ2) is 4.47. The summed E-state index contributed by atoms with van der Waals surface area (Å²) in [6.07, 6.45) is 3.49. The minimum absolute atomic E-state index is 0.206. The molecule has 1 aromatic rings. The molecule has 0 saturated carbocycles. The monoisotopic (exact) mass is 221 g/mol. The zero-order valence-corrected chi connectivity index (χ0v) is 9.51. The Kier molecular flexibility index (Phi) is 3.03. The van der Waals surface area contributed by atoms with E-state index in [1.807, 2.05) is 17.9 Å². The van der Waals surface area contributed by atoms with Crippen molar-refractivity contribution in [2.75, 3.05) is 18.6 Å². The highest BCUT2D eigenvalue weighted by Crippen LogP contribution is 2.22. The summed E-state index contributed by atoms with van der Waals surface area (Å²) in [7, 11) is 1.41. The first-order chi connectivity index (χ1) is 7.72. The van der Waals surface area contributed by atoms with Crippen LogP contribution in [0.4, 0.5) is 5.95 Å². The number of rotatable bonds is 2. The van der Waals surface area contributed by atoms with E-state index in [9.17, 15) is 4.79 Å². The zero-order valence-electron chi connectivity index (χ0n) is 9.51. The van der Waals surface area contributed by atoms with Gasteiger partial charge in [0.1, 0.15) is 6.04 Å². The van der Waals surface area contributed by atoms with E-state index in [1.54, 1.807) is 6.20 Å². The van der Waals surface area contributed by atoms with E-state index < -0.39 is 0 Å². The second-order valence-electron chi connectivity index (χ2n) is 3.87. The molecule has 0 amide bonds. The van der Waals surface area contributed by atoms with Gasteiger partial charge < -0.3 is 9.64 Å². The summed E-state index contributed by atoms with van der Waals surface area (Å²) >= 11 is 0. The fourth-order valence-electron chi connectivity index (χ4n) is 1.96. The Hall–Kier alpha value is -1.65. The van der Waals surface area contributed by atoms with Crippen molar-refractivity contribution in [3.63, 3.8) is 0 Å². The Morgan fingerprint density at radius 1 is 1.62 bits per heavy atom. The van der Waals surface area contributed by atoms with E-state index in [2.05, 4.69) is 9.97 Å². The molecule has 0 aliphatic carbocycles. The van der Waals surface area contributed by atoms with E-state index in [1.165, 1.54) is 7.11 Å². The van der Waals surface area contributed by atoms with Crippen LogP contribution in [0.3, 0.4) is 0 Å². The van der Waals surface area contributed by atoms with Gasteiger partial charge in [-0.15, -0.1) is 0 Å². The summed E-state index contributed by atoms with van der Waals surface area (Å²) in [6, 6.07) is 1.61. The van der Waals surface area contributed by atoms with Crippen LogP contribution in [-0.4, -0.2) is 35.6 Å². The van der Waals surface area contributed by atoms with Crippen LogP contribution in [0.1, 0.15) is 18.5 Å². The van der Waals surface area contributed by atoms with Gasteiger partial charge in [0, 0.05) is 18.4 Å². The lowest BCUT2D eigenvalue weighted by atomic mass is 10.2. The second-order valence-corrected chi connectivity index (χ2v) is 3.87. The van der Waals surface area contributed by atoms with E-state index in [4.69, 9.17) is 4.74 Å². The predicted molar refractivity (Wildman–Crippen MR) is 59.2 cm³/mol. The number of ether oxygens (including phenoxy) is 1. The van der Waals surface area contributed by atoms with Gasteiger partial charge in [0.15, 0.2) is 0 Å². The Morgan fingerprint density at radius 2 is 2.44 bits per heavy atom. The van der Waals surface area contributed by atoms with E-state index >= 15 is 0 Å². The number of hydrogen-bond acceptors (Lipinski definition) is 5. The highest BCUT2D eigenvalue weighted by molar-refractivity contribution is 5.79. The zero-order chi connectivity index (χ0) is 11.5.